The zero-order valence-corrected chi connectivity index (χ0v) is 16.8. The molecule has 1 aromatic heterocycles. The molecule has 0 bridgehead atoms. The molecule has 1 atom stereocenters. The fraction of sp³-hybridized carbons (Fsp3) is 0.333. The lowest BCUT2D eigenvalue weighted by Gasteiger charge is -2.36. The van der Waals surface area contributed by atoms with Gasteiger partial charge in [0.1, 0.15) is 5.82 Å². The van der Waals surface area contributed by atoms with Gasteiger partial charge in [0.05, 0.1) is 6.04 Å². The predicted octanol–water partition coefficient (Wildman–Crippen LogP) is 2.57. The second kappa shape index (κ2) is 12.0. The summed E-state index contributed by atoms with van der Waals surface area (Å²) < 4.78 is 0. The third kappa shape index (κ3) is 6.32. The maximum absolute atomic E-state index is 12.5. The summed E-state index contributed by atoms with van der Waals surface area (Å²) in [5.74, 6) is 1.00. The lowest BCUT2D eigenvalue weighted by Crippen LogP contribution is -2.53. The lowest BCUT2D eigenvalue weighted by atomic mass is 10.1. The smallest absolute Gasteiger partial charge is 0.239 e. The number of hydrogen-bond donors (Lipinski definition) is 1. The molecule has 5 nitrogen and oxygen atoms in total. The molecule has 1 aromatic carbocycles. The van der Waals surface area contributed by atoms with Gasteiger partial charge in [-0.1, -0.05) is 36.4 Å². The number of benzene rings is 1. The number of carbonyl (C=O) groups excluding carboxylic acids is 1. The van der Waals surface area contributed by atoms with Gasteiger partial charge in [-0.2, -0.15) is 0 Å². The first kappa shape index (κ1) is 24.5. The van der Waals surface area contributed by atoms with Crippen LogP contribution in [0.3, 0.4) is 0 Å². The highest BCUT2D eigenvalue weighted by Crippen LogP contribution is 2.13. The number of nitrogens with two attached hydrogens (primary N) is 1. The van der Waals surface area contributed by atoms with Gasteiger partial charge in [0, 0.05) is 32.4 Å². The van der Waals surface area contributed by atoms with Crippen molar-refractivity contribution in [2.24, 2.45) is 5.73 Å². The van der Waals surface area contributed by atoms with Gasteiger partial charge >= 0.3 is 0 Å². The average molecular weight is 420 g/mol. The summed E-state index contributed by atoms with van der Waals surface area (Å²) >= 11 is 0. The van der Waals surface area contributed by atoms with Crippen LogP contribution < -0.4 is 10.6 Å². The number of hydrogen-bond acceptors (Lipinski definition) is 4. The van der Waals surface area contributed by atoms with Crippen LogP contribution in [0.4, 0.5) is 5.82 Å². The Bertz CT molecular complexity index is 637. The number of halogens is 3. The van der Waals surface area contributed by atoms with Crippen molar-refractivity contribution >= 4 is 48.9 Å². The molecule has 0 radical (unpaired) electrons. The van der Waals surface area contributed by atoms with Crippen molar-refractivity contribution in [3.05, 3.63) is 60.3 Å². The second-order valence-electron chi connectivity index (χ2n) is 5.80. The molecule has 1 fully saturated rings. The van der Waals surface area contributed by atoms with E-state index in [1.165, 1.54) is 0 Å². The van der Waals surface area contributed by atoms with Crippen molar-refractivity contribution in [2.45, 2.75) is 12.5 Å². The van der Waals surface area contributed by atoms with Gasteiger partial charge in [-0.25, -0.2) is 4.98 Å². The normalized spacial score (nSPS) is 14.3. The van der Waals surface area contributed by atoms with Gasteiger partial charge in [-0.15, -0.1) is 37.2 Å². The zero-order valence-electron chi connectivity index (χ0n) is 14.4. The molecule has 26 heavy (non-hydrogen) atoms. The standard InChI is InChI=1S/C18H22N4O.3ClH/c19-16(14-15-6-2-1-3-7-15)18(23)22-12-10-21(11-13-22)17-8-4-5-9-20-17;;;/h1-9,16H,10-14,19H2;3*1H. The van der Waals surface area contributed by atoms with E-state index in [1.54, 1.807) is 6.20 Å². The summed E-state index contributed by atoms with van der Waals surface area (Å²) in [5.41, 5.74) is 7.21. The summed E-state index contributed by atoms with van der Waals surface area (Å²) in [6.45, 7) is 2.97. The average Bonchev–Trinajstić information content (AvgIpc) is 2.63. The van der Waals surface area contributed by atoms with E-state index >= 15 is 0 Å². The van der Waals surface area contributed by atoms with Crippen LogP contribution in [0, 0.1) is 0 Å². The molecule has 1 aliphatic heterocycles. The van der Waals surface area contributed by atoms with Crippen LogP contribution in [0.2, 0.25) is 0 Å². The van der Waals surface area contributed by atoms with E-state index in [4.69, 9.17) is 5.73 Å². The predicted molar refractivity (Wildman–Crippen MR) is 113 cm³/mol. The topological polar surface area (TPSA) is 62.5 Å². The maximum atomic E-state index is 12.5. The van der Waals surface area contributed by atoms with Gasteiger partial charge in [-0.05, 0) is 24.1 Å². The Morgan fingerprint density at radius 1 is 0.962 bits per heavy atom. The number of anilines is 1. The zero-order chi connectivity index (χ0) is 16.1. The summed E-state index contributed by atoms with van der Waals surface area (Å²) in [7, 11) is 0. The maximum Gasteiger partial charge on any atom is 0.239 e. The van der Waals surface area contributed by atoms with Crippen molar-refractivity contribution in [3.63, 3.8) is 0 Å². The largest absolute Gasteiger partial charge is 0.353 e. The molecule has 2 N–H and O–H groups in total. The lowest BCUT2D eigenvalue weighted by molar-refractivity contribution is -0.132. The molecular formula is C18H25Cl3N4O. The molecule has 1 saturated heterocycles. The van der Waals surface area contributed by atoms with Crippen LogP contribution in [0.15, 0.2) is 54.7 Å². The first-order valence-corrected chi connectivity index (χ1v) is 7.98. The van der Waals surface area contributed by atoms with Gasteiger partial charge in [0.15, 0.2) is 0 Å². The van der Waals surface area contributed by atoms with Crippen molar-refractivity contribution < 1.29 is 4.79 Å². The number of pyridine rings is 1. The monoisotopic (exact) mass is 418 g/mol. The van der Waals surface area contributed by atoms with E-state index < -0.39 is 6.04 Å². The molecule has 8 heteroatoms. The summed E-state index contributed by atoms with van der Waals surface area (Å²) in [4.78, 5) is 20.9. The van der Waals surface area contributed by atoms with Gasteiger partial charge in [-0.3, -0.25) is 4.79 Å². The Labute approximate surface area is 173 Å². The first-order chi connectivity index (χ1) is 11.2. The van der Waals surface area contributed by atoms with Gasteiger partial charge < -0.3 is 15.5 Å². The molecule has 144 valence electrons. The number of aromatic nitrogens is 1. The molecule has 1 unspecified atom stereocenters. The van der Waals surface area contributed by atoms with E-state index in [0.29, 0.717) is 19.5 Å². The Morgan fingerprint density at radius 3 is 2.15 bits per heavy atom. The quantitative estimate of drug-likeness (QED) is 0.827. The minimum Gasteiger partial charge on any atom is -0.353 e. The number of nitrogens with zero attached hydrogens (tertiary/aromatic N) is 3. The third-order valence-electron chi connectivity index (χ3n) is 4.18. The van der Waals surface area contributed by atoms with E-state index in [9.17, 15) is 4.79 Å². The molecule has 0 saturated carbocycles. The molecule has 1 amide bonds. The molecule has 0 aliphatic carbocycles. The molecule has 2 heterocycles. The van der Waals surface area contributed by atoms with Gasteiger partial charge in [0.25, 0.3) is 0 Å². The van der Waals surface area contributed by atoms with E-state index in [-0.39, 0.29) is 43.1 Å². The summed E-state index contributed by atoms with van der Waals surface area (Å²) in [6.07, 6.45) is 2.38. The Morgan fingerprint density at radius 2 is 1.58 bits per heavy atom. The van der Waals surface area contributed by atoms with Crippen molar-refractivity contribution in [2.75, 3.05) is 31.1 Å². The molecular weight excluding hydrogens is 395 g/mol. The number of rotatable bonds is 4. The number of piperazine rings is 1. The van der Waals surface area contributed by atoms with Crippen LogP contribution in [-0.2, 0) is 11.2 Å². The molecule has 1 aliphatic rings. The Hall–Kier alpha value is -1.53. The van der Waals surface area contributed by atoms with Crippen LogP contribution in [0.25, 0.3) is 0 Å². The number of carbonyl (C=O) groups is 1. The van der Waals surface area contributed by atoms with Crippen LogP contribution in [-0.4, -0.2) is 48.0 Å². The molecule has 3 rings (SSSR count). The fourth-order valence-corrected chi connectivity index (χ4v) is 2.89. The van der Waals surface area contributed by atoms with Crippen molar-refractivity contribution in [1.29, 1.82) is 0 Å². The van der Waals surface area contributed by atoms with Crippen molar-refractivity contribution in [3.8, 4) is 0 Å². The van der Waals surface area contributed by atoms with Crippen LogP contribution in [0.1, 0.15) is 5.56 Å². The number of amides is 1. The van der Waals surface area contributed by atoms with Crippen molar-refractivity contribution in [1.82, 2.24) is 9.88 Å². The highest BCUT2D eigenvalue weighted by atomic mass is 35.5. The minimum absolute atomic E-state index is 0. The highest BCUT2D eigenvalue weighted by Gasteiger charge is 2.25. The molecule has 2 aromatic rings. The van der Waals surface area contributed by atoms with Crippen LogP contribution >= 0.6 is 37.2 Å². The van der Waals surface area contributed by atoms with E-state index in [0.717, 1.165) is 24.5 Å². The second-order valence-corrected chi connectivity index (χ2v) is 5.80. The molecule has 0 spiro atoms. The SMILES string of the molecule is Cl.Cl.Cl.NC(Cc1ccccc1)C(=O)N1CCN(c2ccccn2)CC1. The fourth-order valence-electron chi connectivity index (χ4n) is 2.89. The Balaban J connectivity index is 0.00000208. The minimum atomic E-state index is -0.473. The van der Waals surface area contributed by atoms with Crippen LogP contribution in [0.5, 0.6) is 0 Å². The van der Waals surface area contributed by atoms with E-state index in [2.05, 4.69) is 9.88 Å². The summed E-state index contributed by atoms with van der Waals surface area (Å²) in [5, 5.41) is 0. The highest BCUT2D eigenvalue weighted by molar-refractivity contribution is 5.86. The third-order valence-corrected chi connectivity index (χ3v) is 4.18. The Kier molecular flexibility index (Phi) is 11.3. The van der Waals surface area contributed by atoms with E-state index in [1.807, 2.05) is 53.4 Å². The summed E-state index contributed by atoms with van der Waals surface area (Å²) in [6, 6.07) is 15.3. The van der Waals surface area contributed by atoms with Gasteiger partial charge in [0.2, 0.25) is 5.91 Å². The first-order valence-electron chi connectivity index (χ1n) is 7.98.